The Labute approximate surface area is 129 Å². The van der Waals surface area contributed by atoms with E-state index in [0.29, 0.717) is 11.5 Å². The van der Waals surface area contributed by atoms with Crippen molar-refractivity contribution in [3.05, 3.63) is 35.7 Å². The van der Waals surface area contributed by atoms with Crippen LogP contribution in [0.2, 0.25) is 0 Å². The van der Waals surface area contributed by atoms with Gasteiger partial charge in [-0.15, -0.1) is 0 Å². The molecule has 0 saturated heterocycles. The van der Waals surface area contributed by atoms with Gasteiger partial charge in [0.15, 0.2) is 0 Å². The van der Waals surface area contributed by atoms with Crippen molar-refractivity contribution in [1.82, 2.24) is 9.78 Å². The fourth-order valence-electron chi connectivity index (χ4n) is 3.23. The zero-order valence-corrected chi connectivity index (χ0v) is 13.2. The second-order valence-corrected chi connectivity index (χ2v) is 5.97. The van der Waals surface area contributed by atoms with E-state index in [9.17, 15) is 8.78 Å². The molecule has 0 saturated carbocycles. The monoisotopic (exact) mass is 305 g/mol. The lowest BCUT2D eigenvalue weighted by molar-refractivity contribution is 0.152. The minimum atomic E-state index is -2.49. The number of aromatic nitrogens is 2. The van der Waals surface area contributed by atoms with E-state index in [0.717, 1.165) is 36.3 Å². The molecule has 0 aliphatic carbocycles. The highest BCUT2D eigenvalue weighted by Gasteiger charge is 2.26. The zero-order valence-electron chi connectivity index (χ0n) is 13.2. The van der Waals surface area contributed by atoms with Crippen molar-refractivity contribution in [1.29, 1.82) is 0 Å². The number of rotatable bonds is 3. The van der Waals surface area contributed by atoms with E-state index < -0.39 is 6.43 Å². The van der Waals surface area contributed by atoms with E-state index in [1.54, 1.807) is 30.2 Å². The van der Waals surface area contributed by atoms with E-state index in [1.807, 2.05) is 6.07 Å². The molecule has 5 heteroatoms. The van der Waals surface area contributed by atoms with E-state index in [1.165, 1.54) is 0 Å². The zero-order chi connectivity index (χ0) is 15.9. The minimum absolute atomic E-state index is 0.0966. The lowest BCUT2D eigenvalue weighted by Crippen LogP contribution is -2.30. The lowest BCUT2D eigenvalue weighted by atomic mass is 9.87. The third-order valence-corrected chi connectivity index (χ3v) is 4.54. The average Bonchev–Trinajstić information content (AvgIpc) is 2.93. The molecule has 2 heterocycles. The third-order valence-electron chi connectivity index (χ3n) is 4.54. The highest BCUT2D eigenvalue weighted by Crippen LogP contribution is 2.42. The average molecular weight is 305 g/mol. The number of benzene rings is 1. The Bertz CT molecular complexity index is 679. The topological polar surface area (TPSA) is 21.1 Å². The van der Waals surface area contributed by atoms with Crippen LogP contribution in [0.3, 0.4) is 0 Å². The predicted octanol–water partition coefficient (Wildman–Crippen LogP) is 4.36. The number of halogens is 2. The first-order chi connectivity index (χ1) is 10.5. The summed E-state index contributed by atoms with van der Waals surface area (Å²) in [4.78, 5) is 2.19. The van der Waals surface area contributed by atoms with E-state index >= 15 is 0 Å². The number of aryl methyl sites for hydroxylation is 1. The van der Waals surface area contributed by atoms with Crippen molar-refractivity contribution < 1.29 is 8.78 Å². The van der Waals surface area contributed by atoms with E-state index in [2.05, 4.69) is 23.8 Å². The van der Waals surface area contributed by atoms with Crippen LogP contribution >= 0.6 is 0 Å². The number of hydrogen-bond acceptors (Lipinski definition) is 2. The van der Waals surface area contributed by atoms with Crippen molar-refractivity contribution in [3.8, 4) is 11.1 Å². The molecule has 1 aromatic heterocycles. The van der Waals surface area contributed by atoms with Crippen molar-refractivity contribution >= 4 is 5.69 Å². The van der Waals surface area contributed by atoms with Gasteiger partial charge in [-0.3, -0.25) is 4.68 Å². The van der Waals surface area contributed by atoms with Gasteiger partial charge in [-0.05, 0) is 42.5 Å². The maximum Gasteiger partial charge on any atom is 0.264 e. The second-order valence-electron chi connectivity index (χ2n) is 5.97. The van der Waals surface area contributed by atoms with Crippen LogP contribution in [0.5, 0.6) is 0 Å². The normalized spacial score (nSPS) is 17.9. The van der Waals surface area contributed by atoms with Crippen LogP contribution in [0.4, 0.5) is 14.5 Å². The van der Waals surface area contributed by atoms with Crippen molar-refractivity contribution in [2.75, 3.05) is 18.0 Å². The number of fused-ring (bicyclic) bond motifs is 1. The van der Waals surface area contributed by atoms with Gasteiger partial charge in [0, 0.05) is 43.1 Å². The van der Waals surface area contributed by atoms with Crippen molar-refractivity contribution in [3.63, 3.8) is 0 Å². The molecule has 1 atom stereocenters. The molecule has 1 aliphatic heterocycles. The standard InChI is InChI=1S/C17H21F2N3/c1-4-22-6-5-11(2)13-7-14(12-9-20-21(3)10-12)15(17(18)19)8-16(13)22/h7-11,17H,4-6H2,1-3H3/t11-/m1/s1. The number of anilines is 1. The summed E-state index contributed by atoms with van der Waals surface area (Å²) in [5, 5.41) is 4.12. The number of nitrogens with zero attached hydrogens (tertiary/aromatic N) is 3. The number of alkyl halides is 2. The molecule has 0 radical (unpaired) electrons. The summed E-state index contributed by atoms with van der Waals surface area (Å²) in [5.74, 6) is 0.389. The Hall–Kier alpha value is -1.91. The molecular formula is C17H21F2N3. The molecule has 3 nitrogen and oxygen atoms in total. The third kappa shape index (κ3) is 2.49. The van der Waals surface area contributed by atoms with E-state index in [-0.39, 0.29) is 5.56 Å². The molecule has 0 unspecified atom stereocenters. The molecule has 3 rings (SSSR count). The van der Waals surface area contributed by atoms with Crippen LogP contribution in [0.1, 0.15) is 43.7 Å². The van der Waals surface area contributed by atoms with Crippen LogP contribution in [0.25, 0.3) is 11.1 Å². The van der Waals surface area contributed by atoms with Crippen molar-refractivity contribution in [2.24, 2.45) is 7.05 Å². The maximum absolute atomic E-state index is 13.6. The summed E-state index contributed by atoms with van der Waals surface area (Å²) in [7, 11) is 1.80. The maximum atomic E-state index is 13.6. The van der Waals surface area contributed by atoms with Gasteiger partial charge in [-0.25, -0.2) is 8.78 Å². The number of hydrogen-bond donors (Lipinski definition) is 0. The van der Waals surface area contributed by atoms with Crippen molar-refractivity contribution in [2.45, 2.75) is 32.6 Å². The van der Waals surface area contributed by atoms with Crippen LogP contribution in [-0.4, -0.2) is 22.9 Å². The molecule has 22 heavy (non-hydrogen) atoms. The summed E-state index contributed by atoms with van der Waals surface area (Å²) in [5.41, 5.74) is 3.58. The smallest absolute Gasteiger partial charge is 0.264 e. The summed E-state index contributed by atoms with van der Waals surface area (Å²) in [6.45, 7) is 6.01. The first kappa shape index (κ1) is 15.0. The minimum Gasteiger partial charge on any atom is -0.372 e. The van der Waals surface area contributed by atoms with Gasteiger partial charge in [0.1, 0.15) is 0 Å². The van der Waals surface area contributed by atoms with Crippen LogP contribution in [0, 0.1) is 0 Å². The van der Waals surface area contributed by atoms with Gasteiger partial charge in [0.05, 0.1) is 6.20 Å². The fourth-order valence-corrected chi connectivity index (χ4v) is 3.23. The lowest BCUT2D eigenvalue weighted by Gasteiger charge is -2.35. The molecule has 0 amide bonds. The van der Waals surface area contributed by atoms with Gasteiger partial charge in [-0.2, -0.15) is 5.10 Å². The Morgan fingerprint density at radius 2 is 2.14 bits per heavy atom. The molecule has 0 spiro atoms. The molecule has 1 aliphatic rings. The summed E-state index contributed by atoms with van der Waals surface area (Å²) >= 11 is 0. The second kappa shape index (κ2) is 5.71. The van der Waals surface area contributed by atoms with Gasteiger partial charge >= 0.3 is 0 Å². The molecular weight excluding hydrogens is 284 g/mol. The van der Waals surface area contributed by atoms with Gasteiger partial charge in [-0.1, -0.05) is 6.92 Å². The van der Waals surface area contributed by atoms with Crippen LogP contribution in [0.15, 0.2) is 24.5 Å². The Balaban J connectivity index is 2.20. The molecule has 1 aromatic carbocycles. The van der Waals surface area contributed by atoms with E-state index in [4.69, 9.17) is 0 Å². The van der Waals surface area contributed by atoms with Crippen LogP contribution < -0.4 is 4.90 Å². The molecule has 0 fully saturated rings. The van der Waals surface area contributed by atoms with Crippen LogP contribution in [-0.2, 0) is 7.05 Å². The highest BCUT2D eigenvalue weighted by molar-refractivity contribution is 5.73. The molecule has 0 N–H and O–H groups in total. The summed E-state index contributed by atoms with van der Waals surface area (Å²) < 4.78 is 28.8. The van der Waals surface area contributed by atoms with Gasteiger partial charge in [0.25, 0.3) is 6.43 Å². The largest absolute Gasteiger partial charge is 0.372 e. The first-order valence-corrected chi connectivity index (χ1v) is 7.71. The van der Waals surface area contributed by atoms with Gasteiger partial charge < -0.3 is 4.90 Å². The molecule has 2 aromatic rings. The summed E-state index contributed by atoms with van der Waals surface area (Å²) in [6, 6.07) is 3.63. The SMILES string of the molecule is CCN1CC[C@@H](C)c2cc(-c3cnn(C)c3)c(C(F)F)cc21. The Morgan fingerprint density at radius 3 is 2.73 bits per heavy atom. The first-order valence-electron chi connectivity index (χ1n) is 7.71. The fraction of sp³-hybridized carbons (Fsp3) is 0.471. The Kier molecular flexibility index (Phi) is 3.89. The summed E-state index contributed by atoms with van der Waals surface area (Å²) in [6.07, 6.45) is 2.01. The predicted molar refractivity (Wildman–Crippen MR) is 84.5 cm³/mol. The Morgan fingerprint density at radius 1 is 1.36 bits per heavy atom. The molecule has 118 valence electrons. The molecule has 0 bridgehead atoms. The van der Waals surface area contributed by atoms with Gasteiger partial charge in [0.2, 0.25) is 0 Å². The quantitative estimate of drug-likeness (QED) is 0.840. The highest BCUT2D eigenvalue weighted by atomic mass is 19.3.